The summed E-state index contributed by atoms with van der Waals surface area (Å²) in [6.45, 7) is 0.421. The lowest BCUT2D eigenvalue weighted by Gasteiger charge is -2.07. The molecule has 0 spiro atoms. The zero-order valence-corrected chi connectivity index (χ0v) is 14.5. The van der Waals surface area contributed by atoms with Gasteiger partial charge >= 0.3 is 0 Å². The molecule has 0 saturated carbocycles. The van der Waals surface area contributed by atoms with E-state index >= 15 is 0 Å². The molecule has 0 bridgehead atoms. The Balaban J connectivity index is 1.62. The summed E-state index contributed by atoms with van der Waals surface area (Å²) < 4.78 is 28.4. The van der Waals surface area contributed by atoms with Gasteiger partial charge in [-0.2, -0.15) is 5.10 Å². The van der Waals surface area contributed by atoms with Crippen molar-refractivity contribution in [3.8, 4) is 17.1 Å². The SMILES string of the molecule is [2H]c1cc(Cl)cc2cnn(Cc3cnc(-c4ccc(F)c(OC)c4)nc3)c12. The van der Waals surface area contributed by atoms with Gasteiger partial charge in [-0.25, -0.2) is 14.4 Å². The van der Waals surface area contributed by atoms with Gasteiger partial charge in [0.2, 0.25) is 0 Å². The van der Waals surface area contributed by atoms with E-state index in [-0.39, 0.29) is 5.75 Å². The number of hydrogen-bond donors (Lipinski definition) is 0. The average molecular weight is 370 g/mol. The molecule has 0 fully saturated rings. The molecule has 7 heteroatoms. The van der Waals surface area contributed by atoms with Gasteiger partial charge in [-0.3, -0.25) is 4.68 Å². The van der Waals surface area contributed by atoms with Gasteiger partial charge < -0.3 is 4.74 Å². The Hall–Kier alpha value is -2.99. The average Bonchev–Trinajstić information content (AvgIpc) is 3.05. The molecule has 2 aromatic carbocycles. The molecule has 0 aliphatic heterocycles. The fourth-order valence-electron chi connectivity index (χ4n) is 2.67. The Labute approximate surface area is 155 Å². The molecule has 130 valence electrons. The van der Waals surface area contributed by atoms with Crippen LogP contribution in [0.1, 0.15) is 6.93 Å². The van der Waals surface area contributed by atoms with Crippen molar-refractivity contribution in [2.75, 3.05) is 7.11 Å². The molecule has 4 aromatic rings. The smallest absolute Gasteiger partial charge is 0.165 e. The molecule has 0 radical (unpaired) electrons. The number of benzene rings is 2. The number of ether oxygens (including phenoxy) is 1. The van der Waals surface area contributed by atoms with E-state index in [1.165, 1.54) is 13.2 Å². The molecule has 0 unspecified atom stereocenters. The molecule has 5 nitrogen and oxygen atoms in total. The van der Waals surface area contributed by atoms with Crippen molar-refractivity contribution in [1.29, 1.82) is 0 Å². The lowest BCUT2D eigenvalue weighted by atomic mass is 10.2. The highest BCUT2D eigenvalue weighted by molar-refractivity contribution is 6.31. The molecule has 26 heavy (non-hydrogen) atoms. The van der Waals surface area contributed by atoms with Crippen LogP contribution in [0.4, 0.5) is 4.39 Å². The van der Waals surface area contributed by atoms with Crippen molar-refractivity contribution in [2.24, 2.45) is 0 Å². The minimum Gasteiger partial charge on any atom is -0.494 e. The zero-order chi connectivity index (χ0) is 19.0. The number of fused-ring (bicyclic) bond motifs is 1. The van der Waals surface area contributed by atoms with Crippen LogP contribution in [0.3, 0.4) is 0 Å². The molecular weight excluding hydrogens is 355 g/mol. The summed E-state index contributed by atoms with van der Waals surface area (Å²) in [5, 5.41) is 5.65. The Morgan fingerprint density at radius 3 is 2.77 bits per heavy atom. The predicted octanol–water partition coefficient (Wildman–Crippen LogP) is 4.34. The Bertz CT molecular complexity index is 1130. The Morgan fingerprint density at radius 1 is 1.19 bits per heavy atom. The van der Waals surface area contributed by atoms with Crippen LogP contribution in [0, 0.1) is 5.82 Å². The highest BCUT2D eigenvalue weighted by atomic mass is 35.5. The third-order valence-corrected chi connectivity index (χ3v) is 4.17. The van der Waals surface area contributed by atoms with Crippen molar-refractivity contribution in [1.82, 2.24) is 19.7 Å². The van der Waals surface area contributed by atoms with Crippen LogP contribution in [-0.4, -0.2) is 26.9 Å². The van der Waals surface area contributed by atoms with Crippen LogP contribution in [0.2, 0.25) is 5.02 Å². The summed E-state index contributed by atoms with van der Waals surface area (Å²) in [5.41, 5.74) is 2.19. The monoisotopic (exact) mass is 369 g/mol. The minimum absolute atomic E-state index is 0.143. The molecule has 4 rings (SSSR count). The number of rotatable bonds is 4. The molecule has 0 aliphatic carbocycles. The van der Waals surface area contributed by atoms with Gasteiger partial charge in [0.05, 0.1) is 26.7 Å². The zero-order valence-electron chi connectivity index (χ0n) is 14.8. The molecule has 2 heterocycles. The van der Waals surface area contributed by atoms with Crippen LogP contribution in [0.25, 0.3) is 22.3 Å². The first-order valence-electron chi connectivity index (χ1n) is 8.31. The Morgan fingerprint density at radius 2 is 2.00 bits per heavy atom. The van der Waals surface area contributed by atoms with Crippen LogP contribution >= 0.6 is 11.6 Å². The first-order valence-corrected chi connectivity index (χ1v) is 8.19. The number of hydrogen-bond acceptors (Lipinski definition) is 4. The van der Waals surface area contributed by atoms with Crippen molar-refractivity contribution in [2.45, 2.75) is 6.54 Å². The molecular formula is C19H14ClFN4O. The molecule has 0 saturated heterocycles. The van der Waals surface area contributed by atoms with Gasteiger partial charge in [0.25, 0.3) is 0 Å². The quantitative estimate of drug-likeness (QED) is 0.537. The lowest BCUT2D eigenvalue weighted by Crippen LogP contribution is -2.03. The molecule has 2 aromatic heterocycles. The molecule has 0 aliphatic rings. The maximum Gasteiger partial charge on any atom is 0.165 e. The highest BCUT2D eigenvalue weighted by Gasteiger charge is 2.09. The normalized spacial score (nSPS) is 11.6. The van der Waals surface area contributed by atoms with E-state index in [9.17, 15) is 4.39 Å². The molecule has 0 atom stereocenters. The Kier molecular flexibility index (Phi) is 3.95. The van der Waals surface area contributed by atoms with Crippen LogP contribution in [0.15, 0.2) is 55.0 Å². The second kappa shape index (κ2) is 6.72. The van der Waals surface area contributed by atoms with Gasteiger partial charge in [-0.15, -0.1) is 0 Å². The number of aromatic nitrogens is 4. The number of nitrogens with zero attached hydrogens (tertiary/aromatic N) is 4. The third kappa shape index (κ3) is 3.11. The largest absolute Gasteiger partial charge is 0.494 e. The van der Waals surface area contributed by atoms with Crippen molar-refractivity contribution in [3.63, 3.8) is 0 Å². The maximum absolute atomic E-state index is 13.5. The van der Waals surface area contributed by atoms with Crippen molar-refractivity contribution >= 4 is 22.5 Å². The standard InChI is InChI=1S/C19H14ClFN4O/c1-26-18-7-13(2-4-16(18)21)19-22-8-12(9-23-19)11-25-17-5-3-15(20)6-14(17)10-24-25/h2-10H,11H2,1H3/i5D. The van der Waals surface area contributed by atoms with E-state index in [1.807, 2.05) is 0 Å². The minimum atomic E-state index is -0.435. The molecule has 0 amide bonds. The van der Waals surface area contributed by atoms with E-state index in [4.69, 9.17) is 17.7 Å². The summed E-state index contributed by atoms with van der Waals surface area (Å²) in [7, 11) is 1.41. The summed E-state index contributed by atoms with van der Waals surface area (Å²) in [4.78, 5) is 8.71. The summed E-state index contributed by atoms with van der Waals surface area (Å²) >= 11 is 5.99. The van der Waals surface area contributed by atoms with Crippen molar-refractivity contribution in [3.05, 3.63) is 71.4 Å². The van der Waals surface area contributed by atoms with Gasteiger partial charge in [0.1, 0.15) is 0 Å². The number of methoxy groups -OCH3 is 1. The van der Waals surface area contributed by atoms with Crippen LogP contribution in [-0.2, 0) is 6.54 Å². The van der Waals surface area contributed by atoms with Crippen LogP contribution < -0.4 is 4.74 Å². The van der Waals surface area contributed by atoms with Crippen LogP contribution in [0.5, 0.6) is 5.75 Å². The lowest BCUT2D eigenvalue weighted by molar-refractivity contribution is 0.387. The number of halogens is 2. The van der Waals surface area contributed by atoms with Gasteiger partial charge in [-0.05, 0) is 36.4 Å². The second-order valence-corrected chi connectivity index (χ2v) is 6.12. The highest BCUT2D eigenvalue weighted by Crippen LogP contribution is 2.24. The van der Waals surface area contributed by atoms with E-state index in [1.54, 1.807) is 47.5 Å². The van der Waals surface area contributed by atoms with Gasteiger partial charge in [-0.1, -0.05) is 11.6 Å². The van der Waals surface area contributed by atoms with E-state index in [0.29, 0.717) is 34.5 Å². The van der Waals surface area contributed by atoms with Gasteiger partial charge in [0, 0.05) is 33.9 Å². The summed E-state index contributed by atoms with van der Waals surface area (Å²) in [6, 6.07) is 8.16. The topological polar surface area (TPSA) is 52.8 Å². The van der Waals surface area contributed by atoms with E-state index < -0.39 is 5.82 Å². The summed E-state index contributed by atoms with van der Waals surface area (Å²) in [6.07, 6.45) is 5.05. The second-order valence-electron chi connectivity index (χ2n) is 5.69. The maximum atomic E-state index is 13.5. The fourth-order valence-corrected chi connectivity index (χ4v) is 2.84. The third-order valence-electron chi connectivity index (χ3n) is 3.95. The fraction of sp³-hybridized carbons (Fsp3) is 0.105. The van der Waals surface area contributed by atoms with Gasteiger partial charge in [0.15, 0.2) is 17.4 Å². The summed E-state index contributed by atoms with van der Waals surface area (Å²) in [5.74, 6) is 0.176. The molecule has 0 N–H and O–H groups in total. The van der Waals surface area contributed by atoms with E-state index in [0.717, 1.165) is 10.9 Å². The van der Waals surface area contributed by atoms with Crippen molar-refractivity contribution < 1.29 is 10.5 Å². The van der Waals surface area contributed by atoms with E-state index in [2.05, 4.69) is 15.1 Å². The predicted molar refractivity (Wildman–Crippen MR) is 97.8 cm³/mol. The first-order chi connectivity index (χ1) is 13.0. The first kappa shape index (κ1) is 15.3.